The van der Waals surface area contributed by atoms with Crippen LogP contribution in [0.1, 0.15) is 18.0 Å². The van der Waals surface area contributed by atoms with Gasteiger partial charge in [0, 0.05) is 63.4 Å². The van der Waals surface area contributed by atoms with E-state index >= 15 is 0 Å². The van der Waals surface area contributed by atoms with Crippen LogP contribution in [0.3, 0.4) is 0 Å². The lowest BCUT2D eigenvalue weighted by Crippen LogP contribution is -2.48. The molecule has 34 heavy (non-hydrogen) atoms. The third-order valence-corrected chi connectivity index (χ3v) is 5.97. The van der Waals surface area contributed by atoms with Crippen molar-refractivity contribution in [2.24, 2.45) is 0 Å². The monoisotopic (exact) mass is 461 g/mol. The quantitative estimate of drug-likeness (QED) is 0.439. The van der Waals surface area contributed by atoms with E-state index in [9.17, 15) is 14.0 Å². The predicted molar refractivity (Wildman–Crippen MR) is 124 cm³/mol. The number of oxazole rings is 1. The summed E-state index contributed by atoms with van der Waals surface area (Å²) in [6, 6.07) is 13.1. The lowest BCUT2D eigenvalue weighted by molar-refractivity contribution is -0.133. The van der Waals surface area contributed by atoms with Crippen LogP contribution >= 0.6 is 0 Å². The van der Waals surface area contributed by atoms with E-state index in [2.05, 4.69) is 14.9 Å². The maximum absolute atomic E-state index is 13.1. The summed E-state index contributed by atoms with van der Waals surface area (Å²) >= 11 is 0. The van der Waals surface area contributed by atoms with Crippen molar-refractivity contribution in [3.05, 3.63) is 88.7 Å². The van der Waals surface area contributed by atoms with Gasteiger partial charge in [-0.2, -0.15) is 0 Å². The van der Waals surface area contributed by atoms with Crippen LogP contribution in [0.5, 0.6) is 0 Å². The first-order valence-corrected chi connectivity index (χ1v) is 11.2. The van der Waals surface area contributed by atoms with Gasteiger partial charge in [0.05, 0.1) is 11.9 Å². The number of fused-ring (bicyclic) bond motifs is 1. The molecule has 0 unspecified atom stereocenters. The third kappa shape index (κ3) is 4.89. The largest absolute Gasteiger partial charge is 0.441 e. The number of hydrogen-bond acceptors (Lipinski definition) is 6. The molecule has 1 aliphatic rings. The van der Waals surface area contributed by atoms with E-state index in [0.29, 0.717) is 49.8 Å². The van der Waals surface area contributed by atoms with Crippen molar-refractivity contribution in [1.29, 1.82) is 0 Å². The first-order chi connectivity index (χ1) is 16.5. The number of carbonyl (C=O) groups excluding carboxylic acids is 1. The highest BCUT2D eigenvalue weighted by molar-refractivity contribution is 5.76. The number of aromatic nitrogens is 3. The first kappa shape index (κ1) is 22.0. The maximum Gasteiger partial charge on any atom is 0.258 e. The van der Waals surface area contributed by atoms with Gasteiger partial charge in [0.15, 0.2) is 11.7 Å². The number of halogens is 1. The lowest BCUT2D eigenvalue weighted by Gasteiger charge is -2.34. The number of pyridine rings is 1. The van der Waals surface area contributed by atoms with E-state index in [0.717, 1.165) is 24.3 Å². The van der Waals surface area contributed by atoms with E-state index in [-0.39, 0.29) is 17.3 Å². The number of nitrogens with zero attached hydrogens (tertiary/aromatic N) is 5. The second kappa shape index (κ2) is 9.56. The Morgan fingerprint density at radius 1 is 1.06 bits per heavy atom. The Bertz CT molecular complexity index is 1360. The number of hydrogen-bond donors (Lipinski definition) is 0. The lowest BCUT2D eigenvalue weighted by atomic mass is 10.2. The average molecular weight is 461 g/mol. The van der Waals surface area contributed by atoms with Crippen molar-refractivity contribution in [2.45, 2.75) is 19.4 Å². The second-order valence-electron chi connectivity index (χ2n) is 8.30. The van der Waals surface area contributed by atoms with Crippen LogP contribution in [0, 0.1) is 5.82 Å². The van der Waals surface area contributed by atoms with Crippen LogP contribution in [0.2, 0.25) is 0 Å². The standard InChI is InChI=1S/C25H24FN5O3/c26-19-6-4-18(5-7-19)21-16-27-23(34-21)8-9-24(32)30-13-11-29(12-14-30)17-20-15-25(33)31-10-2-1-3-22(31)28-20/h1-7,10,15-16H,8-9,11-14,17H2. The smallest absolute Gasteiger partial charge is 0.258 e. The molecule has 0 bridgehead atoms. The summed E-state index contributed by atoms with van der Waals surface area (Å²) in [5.41, 5.74) is 2.01. The van der Waals surface area contributed by atoms with Gasteiger partial charge < -0.3 is 9.32 Å². The van der Waals surface area contributed by atoms with E-state index in [1.165, 1.54) is 16.5 Å². The van der Waals surface area contributed by atoms with Crippen LogP contribution in [0.4, 0.5) is 4.39 Å². The first-order valence-electron chi connectivity index (χ1n) is 11.2. The van der Waals surface area contributed by atoms with E-state index < -0.39 is 0 Å². The van der Waals surface area contributed by atoms with E-state index in [1.54, 1.807) is 36.7 Å². The molecule has 5 rings (SSSR count). The van der Waals surface area contributed by atoms with Crippen molar-refractivity contribution in [1.82, 2.24) is 24.2 Å². The van der Waals surface area contributed by atoms with Crippen molar-refractivity contribution < 1.29 is 13.6 Å². The number of benzene rings is 1. The number of rotatable bonds is 6. The van der Waals surface area contributed by atoms with Gasteiger partial charge in [0.1, 0.15) is 11.5 Å². The molecule has 0 atom stereocenters. The molecule has 0 N–H and O–H groups in total. The fraction of sp³-hybridized carbons (Fsp3) is 0.280. The number of amides is 1. The molecule has 174 valence electrons. The molecule has 4 heterocycles. The van der Waals surface area contributed by atoms with Gasteiger partial charge in [0.2, 0.25) is 5.91 Å². The minimum atomic E-state index is -0.308. The Kier molecular flexibility index (Phi) is 6.18. The normalized spacial score (nSPS) is 14.6. The molecule has 1 saturated heterocycles. The Morgan fingerprint density at radius 3 is 2.65 bits per heavy atom. The Balaban J connectivity index is 1.12. The zero-order valence-electron chi connectivity index (χ0n) is 18.6. The number of aryl methyl sites for hydroxylation is 1. The molecule has 1 amide bonds. The molecule has 4 aromatic rings. The van der Waals surface area contributed by atoms with Gasteiger partial charge >= 0.3 is 0 Å². The summed E-state index contributed by atoms with van der Waals surface area (Å²) in [6.45, 7) is 3.26. The fourth-order valence-electron chi connectivity index (χ4n) is 4.11. The minimum absolute atomic E-state index is 0.0586. The van der Waals surface area contributed by atoms with Crippen LogP contribution in [0.15, 0.2) is 70.1 Å². The van der Waals surface area contributed by atoms with Gasteiger partial charge in [-0.3, -0.25) is 18.9 Å². The van der Waals surface area contributed by atoms with Gasteiger partial charge in [-0.25, -0.2) is 14.4 Å². The molecule has 8 nitrogen and oxygen atoms in total. The van der Waals surface area contributed by atoms with Gasteiger partial charge in [-0.05, 0) is 36.4 Å². The molecule has 0 spiro atoms. The van der Waals surface area contributed by atoms with Crippen molar-refractivity contribution in [3.8, 4) is 11.3 Å². The minimum Gasteiger partial charge on any atom is -0.441 e. The SMILES string of the molecule is O=C(CCc1ncc(-c2ccc(F)cc2)o1)N1CCN(Cc2cc(=O)n3ccccc3n2)CC1. The summed E-state index contributed by atoms with van der Waals surface area (Å²) in [5, 5.41) is 0. The summed E-state index contributed by atoms with van der Waals surface area (Å²) in [7, 11) is 0. The highest BCUT2D eigenvalue weighted by Gasteiger charge is 2.22. The van der Waals surface area contributed by atoms with E-state index in [4.69, 9.17) is 4.42 Å². The average Bonchev–Trinajstić information content (AvgIpc) is 3.33. The summed E-state index contributed by atoms with van der Waals surface area (Å²) in [6.07, 6.45) is 4.02. The molecular weight excluding hydrogens is 437 g/mol. The van der Waals surface area contributed by atoms with Crippen molar-refractivity contribution in [3.63, 3.8) is 0 Å². The van der Waals surface area contributed by atoms with Crippen LogP contribution in [0.25, 0.3) is 17.0 Å². The molecule has 0 saturated carbocycles. The van der Waals surface area contributed by atoms with Crippen LogP contribution in [-0.4, -0.2) is 56.3 Å². The Hall–Kier alpha value is -3.85. The fourth-order valence-corrected chi connectivity index (χ4v) is 4.11. The molecule has 1 aromatic carbocycles. The third-order valence-electron chi connectivity index (χ3n) is 5.97. The number of piperazine rings is 1. The Morgan fingerprint density at radius 2 is 1.85 bits per heavy atom. The maximum atomic E-state index is 13.1. The van der Waals surface area contributed by atoms with Gasteiger partial charge in [0.25, 0.3) is 5.56 Å². The molecule has 3 aromatic heterocycles. The van der Waals surface area contributed by atoms with Gasteiger partial charge in [-0.15, -0.1) is 0 Å². The summed E-state index contributed by atoms with van der Waals surface area (Å²) in [5.74, 6) is 0.790. The Labute approximate surface area is 195 Å². The second-order valence-corrected chi connectivity index (χ2v) is 8.30. The number of carbonyl (C=O) groups is 1. The van der Waals surface area contributed by atoms with Crippen LogP contribution < -0.4 is 5.56 Å². The highest BCUT2D eigenvalue weighted by Crippen LogP contribution is 2.21. The van der Waals surface area contributed by atoms with E-state index in [1.807, 2.05) is 17.0 Å². The molecule has 1 fully saturated rings. The van der Waals surface area contributed by atoms with Crippen molar-refractivity contribution in [2.75, 3.05) is 26.2 Å². The topological polar surface area (TPSA) is 84.0 Å². The predicted octanol–water partition coefficient (Wildman–Crippen LogP) is 2.77. The molecule has 0 aliphatic carbocycles. The molecule has 0 radical (unpaired) electrons. The van der Waals surface area contributed by atoms with Gasteiger partial charge in [-0.1, -0.05) is 6.07 Å². The highest BCUT2D eigenvalue weighted by atomic mass is 19.1. The molecule has 9 heteroatoms. The van der Waals surface area contributed by atoms with Crippen molar-refractivity contribution >= 4 is 11.6 Å². The molecule has 1 aliphatic heterocycles. The zero-order valence-corrected chi connectivity index (χ0v) is 18.6. The summed E-state index contributed by atoms with van der Waals surface area (Å²) < 4.78 is 20.3. The van der Waals surface area contributed by atoms with Crippen LogP contribution in [-0.2, 0) is 17.8 Å². The summed E-state index contributed by atoms with van der Waals surface area (Å²) in [4.78, 5) is 37.9. The molecular formula is C25H24FN5O3. The zero-order chi connectivity index (χ0) is 23.5.